The van der Waals surface area contributed by atoms with Gasteiger partial charge in [-0.2, -0.15) is 0 Å². The molecule has 2 aromatic heterocycles. The molecule has 0 aromatic carbocycles. The maximum absolute atomic E-state index is 13.5. The summed E-state index contributed by atoms with van der Waals surface area (Å²) in [6.07, 6.45) is 9.51. The first kappa shape index (κ1) is 22.6. The minimum atomic E-state index is -0.623. The molecule has 5 rings (SSSR count). The largest absolute Gasteiger partial charge is 0.396 e. The molecule has 1 saturated heterocycles. The summed E-state index contributed by atoms with van der Waals surface area (Å²) >= 11 is 0. The fourth-order valence-electron chi connectivity index (χ4n) is 5.60. The number of aliphatic hydroxyl groups is 1. The van der Waals surface area contributed by atoms with E-state index in [2.05, 4.69) is 10.3 Å². The van der Waals surface area contributed by atoms with Gasteiger partial charge in [0.25, 0.3) is 5.56 Å². The third-order valence-electron chi connectivity index (χ3n) is 7.34. The van der Waals surface area contributed by atoms with E-state index in [9.17, 15) is 19.5 Å². The van der Waals surface area contributed by atoms with Crippen molar-refractivity contribution >= 4 is 17.9 Å². The van der Waals surface area contributed by atoms with Gasteiger partial charge in [-0.25, -0.2) is 4.98 Å². The standard InChI is InChI=1S/C25H31N5O4/c1-3-4-15-7-8-19-22-21(23(32)26-10-9-17-11-28(2)14-27-17)18(13-31)20(12-29(19)24(15)33)30(22)25(34)16-5-6-16/h3-4,7-8,11,14,16,18,20-22,31H,5-6,9-10,12-13H2,1-2H3,(H,26,32)/b4-3-/t18-,20-,21+,22+/m0/s1. The number of rotatable bonds is 7. The average molecular weight is 466 g/mol. The highest BCUT2D eigenvalue weighted by molar-refractivity contribution is 5.86. The summed E-state index contributed by atoms with van der Waals surface area (Å²) < 4.78 is 3.56. The van der Waals surface area contributed by atoms with Gasteiger partial charge < -0.3 is 24.5 Å². The van der Waals surface area contributed by atoms with E-state index in [1.807, 2.05) is 41.8 Å². The molecule has 9 nitrogen and oxygen atoms in total. The topological polar surface area (TPSA) is 109 Å². The predicted octanol–water partition coefficient (Wildman–Crippen LogP) is 0.874. The molecule has 2 amide bonds. The summed E-state index contributed by atoms with van der Waals surface area (Å²) in [5.41, 5.74) is 2.00. The summed E-state index contributed by atoms with van der Waals surface area (Å²) in [6, 6.07) is 2.67. The maximum atomic E-state index is 13.5. The molecular formula is C25H31N5O4. The Balaban J connectivity index is 1.48. The maximum Gasteiger partial charge on any atom is 0.258 e. The molecule has 4 heterocycles. The number of hydrogen-bond donors (Lipinski definition) is 2. The fraction of sp³-hybridized carbons (Fsp3) is 0.520. The van der Waals surface area contributed by atoms with Crippen LogP contribution in [0.3, 0.4) is 0 Å². The van der Waals surface area contributed by atoms with Crippen molar-refractivity contribution in [1.29, 1.82) is 0 Å². The molecule has 0 unspecified atom stereocenters. The molecule has 34 heavy (non-hydrogen) atoms. The van der Waals surface area contributed by atoms with E-state index >= 15 is 0 Å². The van der Waals surface area contributed by atoms with Crippen LogP contribution >= 0.6 is 0 Å². The number of imidazole rings is 1. The second-order valence-electron chi connectivity index (χ2n) is 9.60. The Hall–Kier alpha value is -3.20. The zero-order chi connectivity index (χ0) is 24.0. The van der Waals surface area contributed by atoms with Crippen molar-refractivity contribution in [3.8, 4) is 0 Å². The molecule has 2 aliphatic heterocycles. The molecule has 9 heteroatoms. The van der Waals surface area contributed by atoms with Crippen LogP contribution in [0.2, 0.25) is 0 Å². The zero-order valence-electron chi connectivity index (χ0n) is 19.6. The van der Waals surface area contributed by atoms with Gasteiger partial charge in [-0.05, 0) is 31.9 Å². The van der Waals surface area contributed by atoms with Crippen molar-refractivity contribution < 1.29 is 14.7 Å². The summed E-state index contributed by atoms with van der Waals surface area (Å²) in [4.78, 5) is 46.1. The third kappa shape index (κ3) is 3.77. The quantitative estimate of drug-likeness (QED) is 0.631. The lowest BCUT2D eigenvalue weighted by atomic mass is 9.86. The molecule has 1 aliphatic carbocycles. The third-order valence-corrected chi connectivity index (χ3v) is 7.34. The molecule has 180 valence electrons. The number of allylic oxidation sites excluding steroid dienone is 1. The molecule has 0 radical (unpaired) electrons. The Labute approximate surface area is 198 Å². The molecule has 2 aromatic rings. The number of fused-ring (bicyclic) bond motifs is 4. The second-order valence-corrected chi connectivity index (χ2v) is 9.60. The van der Waals surface area contributed by atoms with Crippen LogP contribution in [0.25, 0.3) is 6.08 Å². The summed E-state index contributed by atoms with van der Waals surface area (Å²) in [7, 11) is 1.90. The van der Waals surface area contributed by atoms with Gasteiger partial charge in [-0.15, -0.1) is 0 Å². The van der Waals surface area contributed by atoms with Gasteiger partial charge in [-0.3, -0.25) is 14.4 Å². The van der Waals surface area contributed by atoms with E-state index in [4.69, 9.17) is 0 Å². The van der Waals surface area contributed by atoms with Crippen LogP contribution in [0.4, 0.5) is 0 Å². The Morgan fingerprint density at radius 3 is 2.74 bits per heavy atom. The zero-order valence-corrected chi connectivity index (χ0v) is 19.6. The molecule has 4 atom stereocenters. The van der Waals surface area contributed by atoms with E-state index < -0.39 is 17.9 Å². The highest BCUT2D eigenvalue weighted by atomic mass is 16.3. The summed E-state index contributed by atoms with van der Waals surface area (Å²) in [5.74, 6) is -1.24. The predicted molar refractivity (Wildman–Crippen MR) is 125 cm³/mol. The average Bonchev–Trinajstić information content (AvgIpc) is 3.54. The van der Waals surface area contributed by atoms with Gasteiger partial charge in [0, 0.05) is 62.5 Å². The van der Waals surface area contributed by atoms with E-state index in [1.54, 1.807) is 23.0 Å². The van der Waals surface area contributed by atoms with Crippen LogP contribution in [0.15, 0.2) is 35.5 Å². The lowest BCUT2D eigenvalue weighted by Crippen LogP contribution is -2.49. The Kier molecular flexibility index (Phi) is 5.89. The first-order valence-corrected chi connectivity index (χ1v) is 12.0. The summed E-state index contributed by atoms with van der Waals surface area (Å²) in [5, 5.41) is 13.4. The van der Waals surface area contributed by atoms with Gasteiger partial charge in [0.05, 0.1) is 30.0 Å². The van der Waals surface area contributed by atoms with Crippen molar-refractivity contribution in [3.05, 3.63) is 58.0 Å². The van der Waals surface area contributed by atoms with Gasteiger partial charge >= 0.3 is 0 Å². The molecule has 0 spiro atoms. The number of nitrogens with one attached hydrogen (secondary N) is 1. The molecular weight excluding hydrogens is 434 g/mol. The lowest BCUT2D eigenvalue weighted by Gasteiger charge is -2.38. The second kappa shape index (κ2) is 8.87. The summed E-state index contributed by atoms with van der Waals surface area (Å²) in [6.45, 7) is 2.33. The fourth-order valence-corrected chi connectivity index (χ4v) is 5.60. The van der Waals surface area contributed by atoms with Crippen LogP contribution in [0.1, 0.15) is 42.8 Å². The molecule has 1 saturated carbocycles. The molecule has 2 bridgehead atoms. The van der Waals surface area contributed by atoms with Crippen LogP contribution in [-0.2, 0) is 29.6 Å². The molecule has 2 fully saturated rings. The van der Waals surface area contributed by atoms with Gasteiger partial charge in [-0.1, -0.05) is 12.2 Å². The van der Waals surface area contributed by atoms with Crippen molar-refractivity contribution in [1.82, 2.24) is 24.3 Å². The van der Waals surface area contributed by atoms with E-state index in [0.717, 1.165) is 18.5 Å². The molecule has 3 aliphatic rings. The number of carbonyl (C=O) groups is 2. The number of carbonyl (C=O) groups excluding carboxylic acids is 2. The van der Waals surface area contributed by atoms with E-state index in [0.29, 0.717) is 24.2 Å². The highest BCUT2D eigenvalue weighted by Crippen LogP contribution is 2.50. The van der Waals surface area contributed by atoms with Crippen molar-refractivity contribution in [2.24, 2.45) is 24.8 Å². The molecule has 2 N–H and O–H groups in total. The minimum Gasteiger partial charge on any atom is -0.396 e. The Morgan fingerprint density at radius 1 is 1.29 bits per heavy atom. The Morgan fingerprint density at radius 2 is 2.09 bits per heavy atom. The normalized spacial score (nSPS) is 25.6. The van der Waals surface area contributed by atoms with Crippen LogP contribution in [-0.4, -0.2) is 55.1 Å². The number of pyridine rings is 1. The highest BCUT2D eigenvalue weighted by Gasteiger charge is 2.58. The number of aryl methyl sites for hydroxylation is 1. The van der Waals surface area contributed by atoms with E-state index in [1.165, 1.54) is 0 Å². The van der Waals surface area contributed by atoms with Crippen molar-refractivity contribution in [3.63, 3.8) is 0 Å². The monoisotopic (exact) mass is 465 g/mol. The smallest absolute Gasteiger partial charge is 0.258 e. The van der Waals surface area contributed by atoms with Crippen LogP contribution in [0, 0.1) is 17.8 Å². The first-order chi connectivity index (χ1) is 16.4. The van der Waals surface area contributed by atoms with Crippen LogP contribution < -0.4 is 10.9 Å². The number of aromatic nitrogens is 3. The SMILES string of the molecule is C/C=C\c1ccc2n(c1=O)C[C@H]1[C@H](CO)[C@@H](C(=O)NCCc3cn(C)cn3)[C@@H]2N1C(=O)C1CC1. The number of amides is 2. The van der Waals surface area contributed by atoms with Crippen molar-refractivity contribution in [2.45, 2.75) is 44.8 Å². The number of hydrogen-bond acceptors (Lipinski definition) is 5. The first-order valence-electron chi connectivity index (χ1n) is 12.0. The van der Waals surface area contributed by atoms with Gasteiger partial charge in [0.1, 0.15) is 0 Å². The number of nitrogens with zero attached hydrogens (tertiary/aromatic N) is 4. The van der Waals surface area contributed by atoms with Gasteiger partial charge in [0.2, 0.25) is 11.8 Å². The lowest BCUT2D eigenvalue weighted by molar-refractivity contribution is -0.138. The van der Waals surface area contributed by atoms with E-state index in [-0.39, 0.29) is 42.5 Å². The minimum absolute atomic E-state index is 0.0177. The van der Waals surface area contributed by atoms with Gasteiger partial charge in [0.15, 0.2) is 0 Å². The van der Waals surface area contributed by atoms with Crippen LogP contribution in [0.5, 0.6) is 0 Å². The van der Waals surface area contributed by atoms with Crippen molar-refractivity contribution in [2.75, 3.05) is 13.2 Å². The Bertz CT molecular complexity index is 1190. The number of aliphatic hydroxyl groups excluding tert-OH is 1.